The standard InChI is InChI=1S/C10H14O4/c1-7(11)4-5-8-6-9(12)14-10(2,3)13-8/h6H,4-5H2,1-3H3. The average Bonchev–Trinajstić information content (AvgIpc) is 1.96. The van der Waals surface area contributed by atoms with Crippen molar-refractivity contribution >= 4 is 11.8 Å². The lowest BCUT2D eigenvalue weighted by atomic mass is 10.2. The number of ketones is 1. The second kappa shape index (κ2) is 3.82. The summed E-state index contributed by atoms with van der Waals surface area (Å²) in [6.45, 7) is 4.82. The minimum atomic E-state index is -0.919. The van der Waals surface area contributed by atoms with Crippen LogP contribution in [-0.2, 0) is 19.1 Å². The van der Waals surface area contributed by atoms with Crippen molar-refractivity contribution in [2.24, 2.45) is 0 Å². The summed E-state index contributed by atoms with van der Waals surface area (Å²) in [6, 6.07) is 0. The third kappa shape index (κ3) is 3.20. The van der Waals surface area contributed by atoms with E-state index in [2.05, 4.69) is 0 Å². The molecule has 4 nitrogen and oxygen atoms in total. The average molecular weight is 198 g/mol. The van der Waals surface area contributed by atoms with E-state index in [1.54, 1.807) is 13.8 Å². The zero-order chi connectivity index (χ0) is 10.8. The molecule has 1 heterocycles. The number of Topliss-reactive ketones (excluding diaryl/α,β-unsaturated/α-hetero) is 1. The minimum Gasteiger partial charge on any atom is -0.457 e. The van der Waals surface area contributed by atoms with Crippen LogP contribution in [0.5, 0.6) is 0 Å². The number of cyclic esters (lactones) is 1. The molecule has 0 N–H and O–H groups in total. The summed E-state index contributed by atoms with van der Waals surface area (Å²) in [7, 11) is 0. The minimum absolute atomic E-state index is 0.0752. The summed E-state index contributed by atoms with van der Waals surface area (Å²) in [4.78, 5) is 21.8. The third-order valence-electron chi connectivity index (χ3n) is 1.73. The number of carbonyl (C=O) groups excluding carboxylic acids is 2. The molecule has 1 aliphatic rings. The predicted molar refractivity (Wildman–Crippen MR) is 49.3 cm³/mol. The van der Waals surface area contributed by atoms with Crippen LogP contribution >= 0.6 is 0 Å². The fourth-order valence-corrected chi connectivity index (χ4v) is 1.19. The van der Waals surface area contributed by atoms with E-state index in [9.17, 15) is 9.59 Å². The van der Waals surface area contributed by atoms with Crippen LogP contribution in [0.25, 0.3) is 0 Å². The summed E-state index contributed by atoms with van der Waals surface area (Å²) < 4.78 is 10.2. The van der Waals surface area contributed by atoms with Crippen LogP contribution in [0.15, 0.2) is 11.8 Å². The van der Waals surface area contributed by atoms with E-state index in [1.807, 2.05) is 0 Å². The van der Waals surface area contributed by atoms with Gasteiger partial charge in [-0.2, -0.15) is 0 Å². The van der Waals surface area contributed by atoms with Gasteiger partial charge in [0, 0.05) is 26.7 Å². The Labute approximate surface area is 82.9 Å². The fraction of sp³-hybridized carbons (Fsp3) is 0.600. The topological polar surface area (TPSA) is 52.6 Å². The predicted octanol–water partition coefficient (Wildman–Crippen LogP) is 1.55. The molecule has 78 valence electrons. The number of rotatable bonds is 3. The lowest BCUT2D eigenvalue weighted by Gasteiger charge is -2.30. The van der Waals surface area contributed by atoms with Crippen molar-refractivity contribution in [3.8, 4) is 0 Å². The largest absolute Gasteiger partial charge is 0.457 e. The Hall–Kier alpha value is -1.32. The Morgan fingerprint density at radius 3 is 2.57 bits per heavy atom. The van der Waals surface area contributed by atoms with Gasteiger partial charge in [-0.3, -0.25) is 0 Å². The highest BCUT2D eigenvalue weighted by Crippen LogP contribution is 2.24. The third-order valence-corrected chi connectivity index (χ3v) is 1.73. The number of allylic oxidation sites excluding steroid dienone is 1. The monoisotopic (exact) mass is 198 g/mol. The van der Waals surface area contributed by atoms with Gasteiger partial charge in [-0.25, -0.2) is 4.79 Å². The quantitative estimate of drug-likeness (QED) is 0.645. The van der Waals surface area contributed by atoms with Crippen molar-refractivity contribution in [2.45, 2.75) is 39.4 Å². The van der Waals surface area contributed by atoms with Crippen LogP contribution in [0.2, 0.25) is 0 Å². The first-order valence-electron chi connectivity index (χ1n) is 4.51. The summed E-state index contributed by atoms with van der Waals surface area (Å²) in [5.41, 5.74) is 0. The second-order valence-electron chi connectivity index (χ2n) is 3.74. The first-order chi connectivity index (χ1) is 6.39. The fourth-order valence-electron chi connectivity index (χ4n) is 1.19. The van der Waals surface area contributed by atoms with Crippen molar-refractivity contribution < 1.29 is 19.1 Å². The Morgan fingerprint density at radius 1 is 1.43 bits per heavy atom. The molecule has 0 fully saturated rings. The Balaban J connectivity index is 2.60. The summed E-state index contributed by atoms with van der Waals surface area (Å²) >= 11 is 0. The molecule has 0 saturated heterocycles. The van der Waals surface area contributed by atoms with Crippen molar-refractivity contribution in [3.63, 3.8) is 0 Å². The van der Waals surface area contributed by atoms with Gasteiger partial charge in [0.05, 0.1) is 6.08 Å². The first kappa shape index (κ1) is 10.8. The van der Waals surface area contributed by atoms with Crippen molar-refractivity contribution in [1.82, 2.24) is 0 Å². The number of hydrogen-bond acceptors (Lipinski definition) is 4. The highest BCUT2D eigenvalue weighted by Gasteiger charge is 2.29. The van der Waals surface area contributed by atoms with Gasteiger partial charge in [0.1, 0.15) is 11.5 Å². The second-order valence-corrected chi connectivity index (χ2v) is 3.74. The van der Waals surface area contributed by atoms with Gasteiger partial charge < -0.3 is 14.3 Å². The Morgan fingerprint density at radius 2 is 2.07 bits per heavy atom. The molecule has 0 aliphatic carbocycles. The van der Waals surface area contributed by atoms with Gasteiger partial charge >= 0.3 is 5.97 Å². The molecule has 0 spiro atoms. The lowest BCUT2D eigenvalue weighted by Crippen LogP contribution is -2.34. The number of hydrogen-bond donors (Lipinski definition) is 0. The molecule has 0 radical (unpaired) electrons. The smallest absolute Gasteiger partial charge is 0.337 e. The van der Waals surface area contributed by atoms with Gasteiger partial charge in [-0.05, 0) is 6.92 Å². The van der Waals surface area contributed by atoms with Gasteiger partial charge in [-0.15, -0.1) is 0 Å². The molecule has 0 bridgehead atoms. The molecule has 4 heteroatoms. The number of esters is 1. The SMILES string of the molecule is CC(=O)CCC1=CC(=O)OC(C)(C)O1. The van der Waals surface area contributed by atoms with Crippen LogP contribution in [0.4, 0.5) is 0 Å². The van der Waals surface area contributed by atoms with Gasteiger partial charge in [0.25, 0.3) is 0 Å². The van der Waals surface area contributed by atoms with Crippen molar-refractivity contribution in [3.05, 3.63) is 11.8 Å². The molecule has 0 aromatic carbocycles. The van der Waals surface area contributed by atoms with Gasteiger partial charge in [-0.1, -0.05) is 0 Å². The maximum absolute atomic E-state index is 11.1. The van der Waals surface area contributed by atoms with E-state index >= 15 is 0 Å². The van der Waals surface area contributed by atoms with E-state index < -0.39 is 11.8 Å². The van der Waals surface area contributed by atoms with E-state index in [-0.39, 0.29) is 5.78 Å². The molecule has 0 saturated carbocycles. The van der Waals surface area contributed by atoms with E-state index in [0.717, 1.165) is 0 Å². The summed E-state index contributed by atoms with van der Waals surface area (Å²) in [5, 5.41) is 0. The Bertz CT molecular complexity index is 288. The zero-order valence-electron chi connectivity index (χ0n) is 8.62. The van der Waals surface area contributed by atoms with Gasteiger partial charge in [0.2, 0.25) is 5.79 Å². The summed E-state index contributed by atoms with van der Waals surface area (Å²) in [5.74, 6) is -0.745. The van der Waals surface area contributed by atoms with Crippen molar-refractivity contribution in [2.75, 3.05) is 0 Å². The number of ether oxygens (including phenoxy) is 2. The van der Waals surface area contributed by atoms with Crippen LogP contribution in [-0.4, -0.2) is 17.5 Å². The van der Waals surface area contributed by atoms with Crippen LogP contribution < -0.4 is 0 Å². The molecular formula is C10H14O4. The maximum Gasteiger partial charge on any atom is 0.337 e. The molecule has 0 aromatic rings. The molecule has 1 rings (SSSR count). The van der Waals surface area contributed by atoms with E-state index in [1.165, 1.54) is 13.0 Å². The molecule has 0 unspecified atom stereocenters. The number of carbonyl (C=O) groups is 2. The first-order valence-corrected chi connectivity index (χ1v) is 4.51. The van der Waals surface area contributed by atoms with Gasteiger partial charge in [0.15, 0.2) is 0 Å². The van der Waals surface area contributed by atoms with E-state index in [4.69, 9.17) is 9.47 Å². The normalized spacial score (nSPS) is 19.4. The molecule has 0 atom stereocenters. The molecular weight excluding hydrogens is 184 g/mol. The Kier molecular flexibility index (Phi) is 2.93. The molecule has 0 aromatic heterocycles. The maximum atomic E-state index is 11.1. The molecule has 14 heavy (non-hydrogen) atoms. The van der Waals surface area contributed by atoms with Crippen LogP contribution in [0, 0.1) is 0 Å². The van der Waals surface area contributed by atoms with E-state index in [0.29, 0.717) is 18.6 Å². The molecule has 0 amide bonds. The molecule has 1 aliphatic heterocycles. The van der Waals surface area contributed by atoms with Crippen LogP contribution in [0.3, 0.4) is 0 Å². The highest BCUT2D eigenvalue weighted by molar-refractivity contribution is 5.83. The van der Waals surface area contributed by atoms with Crippen LogP contribution in [0.1, 0.15) is 33.6 Å². The lowest BCUT2D eigenvalue weighted by molar-refractivity contribution is -0.206. The zero-order valence-corrected chi connectivity index (χ0v) is 8.62. The van der Waals surface area contributed by atoms with Crippen molar-refractivity contribution in [1.29, 1.82) is 0 Å². The summed E-state index contributed by atoms with van der Waals surface area (Å²) in [6.07, 6.45) is 2.12. The highest BCUT2D eigenvalue weighted by atomic mass is 16.7.